The standard InChI is InChI=1S/C15H16N8/c1-10(19-15-12-5-3-6-22(12)18-9-17-15)8-13-20-14(16)11-4-2-7-23(11)21-13/h2-7,9-10H,8H2,1H3,(H2,16,20,21)(H,17,18,19). The molecule has 0 spiro atoms. The summed E-state index contributed by atoms with van der Waals surface area (Å²) in [6.45, 7) is 2.06. The summed E-state index contributed by atoms with van der Waals surface area (Å²) >= 11 is 0. The molecule has 0 amide bonds. The third-order valence-corrected chi connectivity index (χ3v) is 3.67. The van der Waals surface area contributed by atoms with E-state index in [0.29, 0.717) is 18.1 Å². The van der Waals surface area contributed by atoms with Crippen LogP contribution in [0.2, 0.25) is 0 Å². The molecule has 0 bridgehead atoms. The predicted octanol–water partition coefficient (Wildman–Crippen LogP) is 1.40. The lowest BCUT2D eigenvalue weighted by Gasteiger charge is -2.14. The Morgan fingerprint density at radius 2 is 1.96 bits per heavy atom. The predicted molar refractivity (Wildman–Crippen MR) is 87.2 cm³/mol. The number of nitrogen functional groups attached to an aromatic ring is 1. The summed E-state index contributed by atoms with van der Waals surface area (Å²) in [5.74, 6) is 1.96. The van der Waals surface area contributed by atoms with Gasteiger partial charge in [-0.1, -0.05) is 0 Å². The van der Waals surface area contributed by atoms with Gasteiger partial charge in [0.1, 0.15) is 17.4 Å². The van der Waals surface area contributed by atoms with Crippen LogP contribution in [0.25, 0.3) is 11.0 Å². The molecule has 1 atom stereocenters. The van der Waals surface area contributed by atoms with Crippen LogP contribution in [0.4, 0.5) is 11.6 Å². The van der Waals surface area contributed by atoms with Crippen LogP contribution in [0.1, 0.15) is 12.7 Å². The van der Waals surface area contributed by atoms with Crippen LogP contribution in [0.15, 0.2) is 43.0 Å². The zero-order valence-corrected chi connectivity index (χ0v) is 12.6. The molecule has 0 radical (unpaired) electrons. The van der Waals surface area contributed by atoms with E-state index < -0.39 is 0 Å². The quantitative estimate of drug-likeness (QED) is 0.591. The van der Waals surface area contributed by atoms with Gasteiger partial charge in [-0.2, -0.15) is 10.2 Å². The molecule has 0 fully saturated rings. The zero-order valence-electron chi connectivity index (χ0n) is 12.6. The van der Waals surface area contributed by atoms with Gasteiger partial charge < -0.3 is 11.1 Å². The fourth-order valence-corrected chi connectivity index (χ4v) is 2.63. The van der Waals surface area contributed by atoms with Crippen LogP contribution in [0, 0.1) is 0 Å². The van der Waals surface area contributed by atoms with E-state index in [1.807, 2.05) is 36.7 Å². The SMILES string of the molecule is CC(Cc1nc(N)c2cccn2n1)Nc1ncnn2cccc12. The number of nitrogens with one attached hydrogen (secondary N) is 1. The third kappa shape index (κ3) is 2.44. The summed E-state index contributed by atoms with van der Waals surface area (Å²) in [5, 5.41) is 12.0. The van der Waals surface area contributed by atoms with E-state index in [2.05, 4.69) is 32.4 Å². The van der Waals surface area contributed by atoms with E-state index in [9.17, 15) is 0 Å². The molecule has 4 aromatic heterocycles. The first kappa shape index (κ1) is 13.5. The molecule has 0 aliphatic rings. The van der Waals surface area contributed by atoms with Gasteiger partial charge in [-0.05, 0) is 31.2 Å². The summed E-state index contributed by atoms with van der Waals surface area (Å²) in [6, 6.07) is 7.79. The fraction of sp³-hybridized carbons (Fsp3) is 0.200. The van der Waals surface area contributed by atoms with Gasteiger partial charge in [0.2, 0.25) is 0 Å². The highest BCUT2D eigenvalue weighted by Crippen LogP contribution is 2.15. The molecular weight excluding hydrogens is 292 g/mol. The molecule has 8 heteroatoms. The Labute approximate surface area is 132 Å². The lowest BCUT2D eigenvalue weighted by molar-refractivity contribution is 0.709. The van der Waals surface area contributed by atoms with Gasteiger partial charge in [0.05, 0.1) is 0 Å². The molecule has 3 N–H and O–H groups in total. The highest BCUT2D eigenvalue weighted by molar-refractivity contribution is 5.67. The van der Waals surface area contributed by atoms with Crippen LogP contribution in [0.3, 0.4) is 0 Å². The Morgan fingerprint density at radius 1 is 1.17 bits per heavy atom. The maximum absolute atomic E-state index is 5.97. The first-order valence-electron chi connectivity index (χ1n) is 7.35. The number of hydrogen-bond acceptors (Lipinski definition) is 6. The maximum atomic E-state index is 5.97. The van der Waals surface area contributed by atoms with Crippen molar-refractivity contribution in [1.82, 2.24) is 29.2 Å². The number of hydrogen-bond donors (Lipinski definition) is 2. The van der Waals surface area contributed by atoms with Crippen molar-refractivity contribution in [3.8, 4) is 0 Å². The second-order valence-electron chi connectivity index (χ2n) is 5.45. The molecule has 4 rings (SSSR count). The number of anilines is 2. The number of rotatable bonds is 4. The molecule has 8 nitrogen and oxygen atoms in total. The van der Waals surface area contributed by atoms with Crippen molar-refractivity contribution in [2.75, 3.05) is 11.1 Å². The van der Waals surface area contributed by atoms with E-state index in [1.165, 1.54) is 6.33 Å². The first-order chi connectivity index (χ1) is 11.2. The summed E-state index contributed by atoms with van der Waals surface area (Å²) in [6.07, 6.45) is 5.91. The Bertz CT molecular complexity index is 970. The van der Waals surface area contributed by atoms with Gasteiger partial charge in [0.25, 0.3) is 0 Å². The first-order valence-corrected chi connectivity index (χ1v) is 7.35. The summed E-state index contributed by atoms with van der Waals surface area (Å²) in [4.78, 5) is 8.68. The summed E-state index contributed by atoms with van der Waals surface area (Å²) < 4.78 is 3.53. The molecule has 4 heterocycles. The van der Waals surface area contributed by atoms with E-state index >= 15 is 0 Å². The lowest BCUT2D eigenvalue weighted by atomic mass is 10.2. The number of nitrogens with two attached hydrogens (primary N) is 1. The van der Waals surface area contributed by atoms with Crippen LogP contribution in [-0.4, -0.2) is 35.2 Å². The van der Waals surface area contributed by atoms with Crippen LogP contribution < -0.4 is 11.1 Å². The molecule has 0 saturated heterocycles. The van der Waals surface area contributed by atoms with Crippen LogP contribution in [-0.2, 0) is 6.42 Å². The Balaban J connectivity index is 1.57. The average Bonchev–Trinajstić information content (AvgIpc) is 3.15. The Hall–Kier alpha value is -3.16. The van der Waals surface area contributed by atoms with Gasteiger partial charge >= 0.3 is 0 Å². The number of nitrogens with zero attached hydrogens (tertiary/aromatic N) is 6. The lowest BCUT2D eigenvalue weighted by Crippen LogP contribution is -2.21. The minimum absolute atomic E-state index is 0.0935. The van der Waals surface area contributed by atoms with E-state index in [-0.39, 0.29) is 6.04 Å². The molecule has 4 aromatic rings. The second-order valence-corrected chi connectivity index (χ2v) is 5.45. The van der Waals surface area contributed by atoms with E-state index in [0.717, 1.165) is 16.9 Å². The van der Waals surface area contributed by atoms with Crippen molar-refractivity contribution in [2.45, 2.75) is 19.4 Å². The van der Waals surface area contributed by atoms with Crippen molar-refractivity contribution in [2.24, 2.45) is 0 Å². The Morgan fingerprint density at radius 3 is 2.83 bits per heavy atom. The fourth-order valence-electron chi connectivity index (χ4n) is 2.63. The molecule has 23 heavy (non-hydrogen) atoms. The average molecular weight is 308 g/mol. The summed E-state index contributed by atoms with van der Waals surface area (Å²) in [5.41, 5.74) is 7.72. The topological polar surface area (TPSA) is 98.4 Å². The minimum Gasteiger partial charge on any atom is -0.382 e. The van der Waals surface area contributed by atoms with Crippen molar-refractivity contribution >= 4 is 22.7 Å². The van der Waals surface area contributed by atoms with Crippen molar-refractivity contribution in [1.29, 1.82) is 0 Å². The van der Waals surface area contributed by atoms with Crippen LogP contribution in [0.5, 0.6) is 0 Å². The van der Waals surface area contributed by atoms with Gasteiger partial charge in [-0.3, -0.25) is 0 Å². The van der Waals surface area contributed by atoms with E-state index in [4.69, 9.17) is 5.73 Å². The van der Waals surface area contributed by atoms with Gasteiger partial charge in [0, 0.05) is 24.9 Å². The Kier molecular flexibility index (Phi) is 3.07. The smallest absolute Gasteiger partial charge is 0.154 e. The van der Waals surface area contributed by atoms with Gasteiger partial charge in [0.15, 0.2) is 17.5 Å². The number of fused-ring (bicyclic) bond motifs is 2. The van der Waals surface area contributed by atoms with Gasteiger partial charge in [-0.15, -0.1) is 0 Å². The van der Waals surface area contributed by atoms with Gasteiger partial charge in [-0.25, -0.2) is 19.0 Å². The number of aromatic nitrogens is 6. The molecule has 0 aliphatic carbocycles. The normalized spacial score (nSPS) is 12.7. The minimum atomic E-state index is 0.0935. The third-order valence-electron chi connectivity index (χ3n) is 3.67. The molecule has 0 aromatic carbocycles. The van der Waals surface area contributed by atoms with Crippen LogP contribution >= 0.6 is 0 Å². The maximum Gasteiger partial charge on any atom is 0.154 e. The molecule has 0 saturated carbocycles. The summed E-state index contributed by atoms with van der Waals surface area (Å²) in [7, 11) is 0. The second kappa shape index (κ2) is 5.24. The monoisotopic (exact) mass is 308 g/mol. The van der Waals surface area contributed by atoms with Crippen molar-refractivity contribution in [3.63, 3.8) is 0 Å². The highest BCUT2D eigenvalue weighted by Gasteiger charge is 2.11. The van der Waals surface area contributed by atoms with E-state index in [1.54, 1.807) is 9.03 Å². The largest absolute Gasteiger partial charge is 0.382 e. The molecule has 0 aliphatic heterocycles. The molecule has 1 unspecified atom stereocenters. The highest BCUT2D eigenvalue weighted by atomic mass is 15.3. The molecular formula is C15H16N8. The molecule has 116 valence electrons. The van der Waals surface area contributed by atoms with Crippen molar-refractivity contribution < 1.29 is 0 Å². The van der Waals surface area contributed by atoms with Crippen molar-refractivity contribution in [3.05, 3.63) is 48.8 Å². The zero-order chi connectivity index (χ0) is 15.8.